The Hall–Kier alpha value is -0.990. The van der Waals surface area contributed by atoms with Gasteiger partial charge >= 0.3 is 0 Å². The van der Waals surface area contributed by atoms with Crippen molar-refractivity contribution in [3.63, 3.8) is 0 Å². The molecule has 1 aromatic rings. The zero-order valence-electron chi connectivity index (χ0n) is 7.79. The van der Waals surface area contributed by atoms with Crippen LogP contribution in [0.25, 0.3) is 0 Å². The average molecular weight is 188 g/mol. The molecule has 1 rings (SSSR count). The number of hydrogen-bond acceptors (Lipinski definition) is 0. The van der Waals surface area contributed by atoms with E-state index in [9.17, 15) is 13.2 Å². The second-order valence-corrected chi connectivity index (χ2v) is 3.38. The molecule has 0 aromatic heterocycles. The number of hydrogen-bond donors (Lipinski definition) is 0. The fourth-order valence-corrected chi connectivity index (χ4v) is 1.18. The van der Waals surface area contributed by atoms with Crippen molar-refractivity contribution in [3.8, 4) is 0 Å². The lowest BCUT2D eigenvalue weighted by atomic mass is 10.00. The van der Waals surface area contributed by atoms with Gasteiger partial charge in [-0.3, -0.25) is 0 Å². The molecule has 0 atom stereocenters. The topological polar surface area (TPSA) is 0 Å². The molecule has 0 amide bonds. The molecule has 0 nitrogen and oxygen atoms in total. The molecule has 0 spiro atoms. The normalized spacial score (nSPS) is 11.0. The fraction of sp³-hybridized carbons (Fsp3) is 0.400. The van der Waals surface area contributed by atoms with Gasteiger partial charge < -0.3 is 0 Å². The lowest BCUT2D eigenvalue weighted by Crippen LogP contribution is -2.01. The van der Waals surface area contributed by atoms with Crippen LogP contribution in [0.2, 0.25) is 0 Å². The minimum Gasteiger partial charge on any atom is -0.203 e. The maximum Gasteiger partial charge on any atom is 0.194 e. The van der Waals surface area contributed by atoms with Crippen LogP contribution in [0.1, 0.15) is 30.9 Å². The van der Waals surface area contributed by atoms with Crippen LogP contribution in [0.15, 0.2) is 6.07 Å². The first-order chi connectivity index (χ1) is 5.95. The summed E-state index contributed by atoms with van der Waals surface area (Å²) in [4.78, 5) is 0. The predicted octanol–water partition coefficient (Wildman–Crippen LogP) is 3.54. The standard InChI is InChI=1S/C10H11F3/c1-5(2)7-4-6(3)8(11)10(13)9(7)12/h4-5H,1-3H3. The molecule has 0 aliphatic heterocycles. The zero-order valence-corrected chi connectivity index (χ0v) is 7.79. The third kappa shape index (κ3) is 1.69. The molecule has 0 aliphatic rings. The van der Waals surface area contributed by atoms with Crippen molar-refractivity contribution in [2.75, 3.05) is 0 Å². The van der Waals surface area contributed by atoms with Crippen LogP contribution in [0.4, 0.5) is 13.2 Å². The number of aryl methyl sites for hydroxylation is 1. The van der Waals surface area contributed by atoms with Gasteiger partial charge in [0.2, 0.25) is 0 Å². The van der Waals surface area contributed by atoms with Crippen LogP contribution in [0, 0.1) is 24.4 Å². The molecular formula is C10H11F3. The SMILES string of the molecule is Cc1cc(C(C)C)c(F)c(F)c1F. The molecule has 1 aromatic carbocycles. The van der Waals surface area contributed by atoms with Crippen molar-refractivity contribution in [1.82, 2.24) is 0 Å². The van der Waals surface area contributed by atoms with Crippen LogP contribution < -0.4 is 0 Å². The van der Waals surface area contributed by atoms with E-state index in [0.29, 0.717) is 0 Å². The zero-order chi connectivity index (χ0) is 10.2. The van der Waals surface area contributed by atoms with E-state index in [-0.39, 0.29) is 17.0 Å². The van der Waals surface area contributed by atoms with Crippen molar-refractivity contribution < 1.29 is 13.2 Å². The quantitative estimate of drug-likeness (QED) is 0.591. The molecule has 0 saturated heterocycles. The molecule has 0 fully saturated rings. The molecule has 3 heteroatoms. The Morgan fingerprint density at radius 3 is 2.00 bits per heavy atom. The largest absolute Gasteiger partial charge is 0.203 e. The van der Waals surface area contributed by atoms with Crippen LogP contribution >= 0.6 is 0 Å². The maximum atomic E-state index is 13.1. The minimum absolute atomic E-state index is 0.141. The maximum absolute atomic E-state index is 13.1. The van der Waals surface area contributed by atoms with Gasteiger partial charge in [-0.1, -0.05) is 13.8 Å². The van der Waals surface area contributed by atoms with Gasteiger partial charge in [0.25, 0.3) is 0 Å². The Kier molecular flexibility index (Phi) is 2.64. The van der Waals surface area contributed by atoms with Gasteiger partial charge in [0.05, 0.1) is 0 Å². The predicted molar refractivity (Wildman–Crippen MR) is 45.1 cm³/mol. The van der Waals surface area contributed by atoms with E-state index in [1.165, 1.54) is 13.0 Å². The summed E-state index contributed by atoms with van der Waals surface area (Å²) in [5.74, 6) is -3.68. The van der Waals surface area contributed by atoms with Crippen molar-refractivity contribution in [3.05, 3.63) is 34.6 Å². The first-order valence-electron chi connectivity index (χ1n) is 4.09. The Bertz CT molecular complexity index is 329. The fourth-order valence-electron chi connectivity index (χ4n) is 1.18. The van der Waals surface area contributed by atoms with Gasteiger partial charge in [-0.2, -0.15) is 0 Å². The molecule has 0 radical (unpaired) electrons. The van der Waals surface area contributed by atoms with E-state index in [2.05, 4.69) is 0 Å². The third-order valence-electron chi connectivity index (χ3n) is 1.98. The Morgan fingerprint density at radius 2 is 1.54 bits per heavy atom. The Labute approximate surface area is 75.4 Å². The minimum atomic E-state index is -1.37. The van der Waals surface area contributed by atoms with Crippen molar-refractivity contribution in [1.29, 1.82) is 0 Å². The lowest BCUT2D eigenvalue weighted by molar-refractivity contribution is 0.434. The Morgan fingerprint density at radius 1 is 1.00 bits per heavy atom. The summed E-state index contributed by atoms with van der Waals surface area (Å²) in [5, 5.41) is 0. The van der Waals surface area contributed by atoms with Crippen LogP contribution in [0.3, 0.4) is 0 Å². The van der Waals surface area contributed by atoms with Crippen molar-refractivity contribution in [2.24, 2.45) is 0 Å². The van der Waals surface area contributed by atoms with Gasteiger partial charge in [-0.25, -0.2) is 13.2 Å². The first-order valence-corrected chi connectivity index (χ1v) is 4.09. The third-order valence-corrected chi connectivity index (χ3v) is 1.98. The number of halogens is 3. The Balaban J connectivity index is 3.41. The monoisotopic (exact) mass is 188 g/mol. The van der Waals surface area contributed by atoms with E-state index in [1.807, 2.05) is 0 Å². The molecule has 0 bridgehead atoms. The summed E-state index contributed by atoms with van der Waals surface area (Å²) in [6.45, 7) is 4.88. The highest BCUT2D eigenvalue weighted by Crippen LogP contribution is 2.24. The summed E-state index contributed by atoms with van der Waals surface area (Å²) in [6, 6.07) is 1.35. The molecule has 0 saturated carbocycles. The van der Waals surface area contributed by atoms with Gasteiger partial charge in [0.1, 0.15) is 0 Å². The smallest absolute Gasteiger partial charge is 0.194 e. The molecule has 0 heterocycles. The number of benzene rings is 1. The highest BCUT2D eigenvalue weighted by molar-refractivity contribution is 5.29. The lowest BCUT2D eigenvalue weighted by Gasteiger charge is -2.09. The van der Waals surface area contributed by atoms with E-state index in [0.717, 1.165) is 0 Å². The second kappa shape index (κ2) is 3.40. The molecule has 0 aliphatic carbocycles. The summed E-state index contributed by atoms with van der Waals surface area (Å²) < 4.78 is 38.8. The first kappa shape index (κ1) is 10.1. The molecule has 0 unspecified atom stereocenters. The van der Waals surface area contributed by atoms with Crippen molar-refractivity contribution in [2.45, 2.75) is 26.7 Å². The summed E-state index contributed by atoms with van der Waals surface area (Å²) in [6.07, 6.45) is 0. The summed E-state index contributed by atoms with van der Waals surface area (Å²) >= 11 is 0. The molecule has 72 valence electrons. The average Bonchev–Trinajstić information content (AvgIpc) is 2.07. The van der Waals surface area contributed by atoms with Crippen LogP contribution in [-0.4, -0.2) is 0 Å². The van der Waals surface area contributed by atoms with E-state index < -0.39 is 17.5 Å². The van der Waals surface area contributed by atoms with Gasteiger partial charge in [-0.05, 0) is 30.0 Å². The summed E-state index contributed by atoms with van der Waals surface area (Å²) in [7, 11) is 0. The highest BCUT2D eigenvalue weighted by Gasteiger charge is 2.17. The molecule has 13 heavy (non-hydrogen) atoms. The van der Waals surface area contributed by atoms with Gasteiger partial charge in [-0.15, -0.1) is 0 Å². The van der Waals surface area contributed by atoms with E-state index >= 15 is 0 Å². The van der Waals surface area contributed by atoms with Crippen LogP contribution in [-0.2, 0) is 0 Å². The number of rotatable bonds is 1. The highest BCUT2D eigenvalue weighted by atomic mass is 19.2. The van der Waals surface area contributed by atoms with Crippen LogP contribution in [0.5, 0.6) is 0 Å². The van der Waals surface area contributed by atoms with Crippen molar-refractivity contribution >= 4 is 0 Å². The molecular weight excluding hydrogens is 177 g/mol. The van der Waals surface area contributed by atoms with E-state index in [1.54, 1.807) is 13.8 Å². The van der Waals surface area contributed by atoms with Gasteiger partial charge in [0.15, 0.2) is 17.5 Å². The van der Waals surface area contributed by atoms with E-state index in [4.69, 9.17) is 0 Å². The van der Waals surface area contributed by atoms with Gasteiger partial charge in [0, 0.05) is 0 Å². The molecule has 0 N–H and O–H groups in total. The summed E-state index contributed by atoms with van der Waals surface area (Å²) in [5.41, 5.74) is 0.360. The second-order valence-electron chi connectivity index (χ2n) is 3.38.